The van der Waals surface area contributed by atoms with E-state index < -0.39 is 0 Å². The van der Waals surface area contributed by atoms with Gasteiger partial charge in [0.2, 0.25) is 0 Å². The zero-order valence-corrected chi connectivity index (χ0v) is 9.11. The maximum atomic E-state index is 4.35. The molecule has 0 atom stereocenters. The van der Waals surface area contributed by atoms with Gasteiger partial charge in [-0.25, -0.2) is 0 Å². The molecule has 0 unspecified atom stereocenters. The summed E-state index contributed by atoms with van der Waals surface area (Å²) in [5.41, 5.74) is 0. The highest BCUT2D eigenvalue weighted by molar-refractivity contribution is 7.80. The van der Waals surface area contributed by atoms with Crippen LogP contribution in [0.1, 0.15) is 0 Å². The SMILES string of the molecule is Sc1ccc2c(c1)sc1ccccc12. The van der Waals surface area contributed by atoms with E-state index in [2.05, 4.69) is 49.0 Å². The van der Waals surface area contributed by atoms with Crippen LogP contribution in [0, 0.1) is 0 Å². The number of hydrogen-bond donors (Lipinski definition) is 1. The van der Waals surface area contributed by atoms with Crippen LogP contribution in [0.4, 0.5) is 0 Å². The van der Waals surface area contributed by atoms with Crippen LogP contribution in [0.5, 0.6) is 0 Å². The van der Waals surface area contributed by atoms with Crippen LogP contribution < -0.4 is 0 Å². The van der Waals surface area contributed by atoms with E-state index >= 15 is 0 Å². The molecule has 0 bridgehead atoms. The molecule has 2 aromatic carbocycles. The molecular formula is C12H8S2. The van der Waals surface area contributed by atoms with Crippen molar-refractivity contribution in [3.63, 3.8) is 0 Å². The Morgan fingerprint density at radius 1 is 0.857 bits per heavy atom. The van der Waals surface area contributed by atoms with Crippen LogP contribution in [-0.2, 0) is 0 Å². The van der Waals surface area contributed by atoms with Gasteiger partial charge in [0.25, 0.3) is 0 Å². The molecule has 2 heteroatoms. The van der Waals surface area contributed by atoms with Gasteiger partial charge in [-0.3, -0.25) is 0 Å². The van der Waals surface area contributed by atoms with Gasteiger partial charge < -0.3 is 0 Å². The normalized spacial score (nSPS) is 11.2. The fourth-order valence-corrected chi connectivity index (χ4v) is 3.15. The van der Waals surface area contributed by atoms with Gasteiger partial charge in [0.1, 0.15) is 0 Å². The first kappa shape index (κ1) is 8.33. The van der Waals surface area contributed by atoms with Gasteiger partial charge in [0, 0.05) is 25.1 Å². The first-order valence-electron chi connectivity index (χ1n) is 4.45. The predicted octanol–water partition coefficient (Wildman–Crippen LogP) is 4.34. The minimum atomic E-state index is 1.03. The number of thiophene rings is 1. The first-order chi connectivity index (χ1) is 6.84. The summed E-state index contributed by atoms with van der Waals surface area (Å²) in [5.74, 6) is 0. The number of thiol groups is 1. The number of hydrogen-bond acceptors (Lipinski definition) is 2. The fourth-order valence-electron chi connectivity index (χ4n) is 1.71. The second kappa shape index (κ2) is 3.01. The maximum absolute atomic E-state index is 4.35. The van der Waals surface area contributed by atoms with Gasteiger partial charge in [-0.1, -0.05) is 24.3 Å². The molecule has 68 valence electrons. The summed E-state index contributed by atoms with van der Waals surface area (Å²) in [7, 11) is 0. The molecule has 14 heavy (non-hydrogen) atoms. The number of fused-ring (bicyclic) bond motifs is 3. The Kier molecular flexibility index (Phi) is 1.79. The minimum Gasteiger partial charge on any atom is -0.143 e. The monoisotopic (exact) mass is 216 g/mol. The molecule has 0 aliphatic heterocycles. The van der Waals surface area contributed by atoms with E-state index in [4.69, 9.17) is 0 Å². The molecule has 3 rings (SSSR count). The van der Waals surface area contributed by atoms with Crippen LogP contribution in [0.2, 0.25) is 0 Å². The number of benzene rings is 2. The maximum Gasteiger partial charge on any atom is 0.0366 e. The molecule has 0 aliphatic carbocycles. The first-order valence-corrected chi connectivity index (χ1v) is 5.71. The topological polar surface area (TPSA) is 0 Å². The van der Waals surface area contributed by atoms with Crippen molar-refractivity contribution in [3.05, 3.63) is 42.5 Å². The molecule has 0 fully saturated rings. The van der Waals surface area contributed by atoms with Crippen LogP contribution in [0.15, 0.2) is 47.4 Å². The smallest absolute Gasteiger partial charge is 0.0366 e. The minimum absolute atomic E-state index is 1.03. The lowest BCUT2D eigenvalue weighted by atomic mass is 10.2. The van der Waals surface area contributed by atoms with E-state index in [9.17, 15) is 0 Å². The quantitative estimate of drug-likeness (QED) is 0.531. The molecule has 1 heterocycles. The molecule has 0 N–H and O–H groups in total. The van der Waals surface area contributed by atoms with Crippen molar-refractivity contribution in [2.45, 2.75) is 4.90 Å². The van der Waals surface area contributed by atoms with E-state index in [1.807, 2.05) is 17.4 Å². The Morgan fingerprint density at radius 3 is 2.57 bits per heavy atom. The summed E-state index contributed by atoms with van der Waals surface area (Å²) in [5, 5.41) is 2.68. The van der Waals surface area contributed by atoms with Crippen molar-refractivity contribution in [2.75, 3.05) is 0 Å². The molecule has 0 amide bonds. The third-order valence-corrected chi connectivity index (χ3v) is 3.77. The van der Waals surface area contributed by atoms with E-state index in [0.717, 1.165) is 4.90 Å². The second-order valence-electron chi connectivity index (χ2n) is 3.28. The molecule has 3 aromatic rings. The Balaban J connectivity index is 2.57. The molecule has 0 nitrogen and oxygen atoms in total. The largest absolute Gasteiger partial charge is 0.143 e. The summed E-state index contributed by atoms with van der Waals surface area (Å²) >= 11 is 6.18. The lowest BCUT2D eigenvalue weighted by Crippen LogP contribution is -1.66. The Labute approximate surface area is 91.6 Å². The summed E-state index contributed by atoms with van der Waals surface area (Å²) in [6, 6.07) is 14.8. The highest BCUT2D eigenvalue weighted by Gasteiger charge is 2.03. The van der Waals surface area contributed by atoms with Crippen molar-refractivity contribution in [3.8, 4) is 0 Å². The Morgan fingerprint density at radius 2 is 1.64 bits per heavy atom. The third-order valence-electron chi connectivity index (χ3n) is 2.36. The summed E-state index contributed by atoms with van der Waals surface area (Å²) in [6.07, 6.45) is 0. The van der Waals surface area contributed by atoms with Gasteiger partial charge >= 0.3 is 0 Å². The van der Waals surface area contributed by atoms with Crippen LogP contribution in [-0.4, -0.2) is 0 Å². The standard InChI is InChI=1S/C12H8S2/c13-8-5-6-10-9-3-1-2-4-11(9)14-12(10)7-8/h1-7,13H. The van der Waals surface area contributed by atoms with Crippen molar-refractivity contribution < 1.29 is 0 Å². The summed E-state index contributed by atoms with van der Waals surface area (Å²) in [4.78, 5) is 1.03. The molecule has 0 saturated heterocycles. The fraction of sp³-hybridized carbons (Fsp3) is 0. The zero-order chi connectivity index (χ0) is 9.54. The summed E-state index contributed by atoms with van der Waals surface area (Å²) < 4.78 is 2.67. The molecular weight excluding hydrogens is 208 g/mol. The molecule has 0 saturated carbocycles. The molecule has 0 spiro atoms. The van der Waals surface area contributed by atoms with Crippen molar-refractivity contribution in [1.82, 2.24) is 0 Å². The van der Waals surface area contributed by atoms with Gasteiger partial charge in [-0.15, -0.1) is 24.0 Å². The van der Waals surface area contributed by atoms with Gasteiger partial charge in [0.15, 0.2) is 0 Å². The van der Waals surface area contributed by atoms with Gasteiger partial charge in [-0.05, 0) is 18.2 Å². The lowest BCUT2D eigenvalue weighted by Gasteiger charge is -1.91. The van der Waals surface area contributed by atoms with Crippen molar-refractivity contribution in [2.24, 2.45) is 0 Å². The van der Waals surface area contributed by atoms with Crippen LogP contribution >= 0.6 is 24.0 Å². The highest BCUT2D eigenvalue weighted by atomic mass is 32.1. The van der Waals surface area contributed by atoms with Crippen molar-refractivity contribution in [1.29, 1.82) is 0 Å². The summed E-state index contributed by atoms with van der Waals surface area (Å²) in [6.45, 7) is 0. The van der Waals surface area contributed by atoms with E-state index in [0.29, 0.717) is 0 Å². The van der Waals surface area contributed by atoms with E-state index in [1.54, 1.807) is 0 Å². The molecule has 1 aromatic heterocycles. The average Bonchev–Trinajstić information content (AvgIpc) is 2.54. The zero-order valence-electron chi connectivity index (χ0n) is 7.40. The van der Waals surface area contributed by atoms with Crippen LogP contribution in [0.25, 0.3) is 20.2 Å². The second-order valence-corrected chi connectivity index (χ2v) is 4.88. The van der Waals surface area contributed by atoms with Gasteiger partial charge in [0.05, 0.1) is 0 Å². The highest BCUT2D eigenvalue weighted by Crippen LogP contribution is 2.34. The van der Waals surface area contributed by atoms with Crippen molar-refractivity contribution >= 4 is 44.1 Å². The molecule has 0 radical (unpaired) electrons. The third kappa shape index (κ3) is 1.15. The average molecular weight is 216 g/mol. The van der Waals surface area contributed by atoms with E-state index in [-0.39, 0.29) is 0 Å². The Hall–Kier alpha value is -0.990. The molecule has 0 aliphatic rings. The predicted molar refractivity (Wildman–Crippen MR) is 66.6 cm³/mol. The van der Waals surface area contributed by atoms with Crippen LogP contribution in [0.3, 0.4) is 0 Å². The number of rotatable bonds is 0. The van der Waals surface area contributed by atoms with Gasteiger partial charge in [-0.2, -0.15) is 0 Å². The Bertz CT molecular complexity index is 608. The lowest BCUT2D eigenvalue weighted by molar-refractivity contribution is 1.55. The van der Waals surface area contributed by atoms with E-state index in [1.165, 1.54) is 20.2 Å².